The maximum absolute atomic E-state index is 13.5. The predicted molar refractivity (Wildman–Crippen MR) is 92.2 cm³/mol. The number of rotatable bonds is 7. The molecule has 25 heavy (non-hydrogen) atoms. The topological polar surface area (TPSA) is 73.9 Å². The number of nitrogens with zero attached hydrogens (tertiary/aromatic N) is 3. The summed E-state index contributed by atoms with van der Waals surface area (Å²) in [7, 11) is 0. The van der Waals surface area contributed by atoms with Crippen LogP contribution in [0.25, 0.3) is 11.4 Å². The molecule has 0 fully saturated rings. The van der Waals surface area contributed by atoms with E-state index in [0.717, 1.165) is 12.1 Å². The molecule has 2 N–H and O–H groups in total. The zero-order valence-corrected chi connectivity index (χ0v) is 14.9. The molecule has 0 saturated carbocycles. The van der Waals surface area contributed by atoms with Crippen LogP contribution in [0.4, 0.5) is 8.78 Å². The van der Waals surface area contributed by atoms with Gasteiger partial charge in [-0.1, -0.05) is 20.8 Å². The van der Waals surface area contributed by atoms with Crippen LogP contribution in [0.3, 0.4) is 0 Å². The van der Waals surface area contributed by atoms with Crippen molar-refractivity contribution in [3.8, 4) is 17.1 Å². The lowest BCUT2D eigenvalue weighted by Crippen LogP contribution is -2.35. The third-order valence-electron chi connectivity index (χ3n) is 3.87. The van der Waals surface area contributed by atoms with E-state index in [0.29, 0.717) is 17.3 Å². The van der Waals surface area contributed by atoms with Crippen LogP contribution >= 0.6 is 0 Å². The van der Waals surface area contributed by atoms with Crippen molar-refractivity contribution in [3.63, 3.8) is 0 Å². The second-order valence-corrected chi connectivity index (χ2v) is 6.64. The lowest BCUT2D eigenvalue weighted by Gasteiger charge is -2.24. The standard InChI is InChI=1S/C18H24F2N4O/c1-10(2)5-11(3)18(21)25-16-8-22-15(7-13(16)17(19)20)14-6-12(4)23-9-24-14/h6-11,17-18H,5,21H2,1-4H3/t11?,18-/m0/s1. The van der Waals surface area contributed by atoms with E-state index in [2.05, 4.69) is 28.8 Å². The molecule has 0 aliphatic rings. The van der Waals surface area contributed by atoms with E-state index in [9.17, 15) is 8.78 Å². The molecule has 0 saturated heterocycles. The van der Waals surface area contributed by atoms with Gasteiger partial charge in [-0.05, 0) is 31.4 Å². The van der Waals surface area contributed by atoms with E-state index in [1.807, 2.05) is 6.92 Å². The van der Waals surface area contributed by atoms with Crippen molar-refractivity contribution in [2.24, 2.45) is 17.6 Å². The van der Waals surface area contributed by atoms with E-state index < -0.39 is 12.7 Å². The van der Waals surface area contributed by atoms with Gasteiger partial charge in [-0.2, -0.15) is 0 Å². The van der Waals surface area contributed by atoms with Crippen molar-refractivity contribution < 1.29 is 13.5 Å². The van der Waals surface area contributed by atoms with Gasteiger partial charge < -0.3 is 4.74 Å². The van der Waals surface area contributed by atoms with Crippen LogP contribution in [0, 0.1) is 18.8 Å². The summed E-state index contributed by atoms with van der Waals surface area (Å²) in [6.45, 7) is 7.89. The number of pyridine rings is 1. The highest BCUT2D eigenvalue weighted by Gasteiger charge is 2.22. The Morgan fingerprint density at radius 3 is 2.36 bits per heavy atom. The number of halogens is 2. The van der Waals surface area contributed by atoms with Crippen molar-refractivity contribution in [2.75, 3.05) is 0 Å². The summed E-state index contributed by atoms with van der Waals surface area (Å²) in [6.07, 6.45) is 0.135. The molecule has 0 spiro atoms. The smallest absolute Gasteiger partial charge is 0.267 e. The van der Waals surface area contributed by atoms with Gasteiger partial charge in [0.2, 0.25) is 0 Å². The summed E-state index contributed by atoms with van der Waals surface area (Å²) < 4.78 is 32.6. The Kier molecular flexibility index (Phi) is 6.36. The average Bonchev–Trinajstić information content (AvgIpc) is 2.54. The van der Waals surface area contributed by atoms with E-state index >= 15 is 0 Å². The molecule has 2 aromatic rings. The molecule has 7 heteroatoms. The summed E-state index contributed by atoms with van der Waals surface area (Å²) in [5, 5.41) is 0. The van der Waals surface area contributed by atoms with Gasteiger partial charge in [-0.25, -0.2) is 18.7 Å². The van der Waals surface area contributed by atoms with Crippen LogP contribution in [-0.4, -0.2) is 21.2 Å². The van der Waals surface area contributed by atoms with Gasteiger partial charge in [-0.3, -0.25) is 10.7 Å². The van der Waals surface area contributed by atoms with Crippen molar-refractivity contribution in [2.45, 2.75) is 46.8 Å². The second-order valence-electron chi connectivity index (χ2n) is 6.64. The van der Waals surface area contributed by atoms with Gasteiger partial charge in [0.25, 0.3) is 6.43 Å². The molecule has 2 atom stereocenters. The number of aromatic nitrogens is 3. The lowest BCUT2D eigenvalue weighted by atomic mass is 9.97. The third-order valence-corrected chi connectivity index (χ3v) is 3.87. The van der Waals surface area contributed by atoms with Gasteiger partial charge in [0, 0.05) is 11.6 Å². The Balaban J connectivity index is 2.27. The number of nitrogens with two attached hydrogens (primary N) is 1. The third kappa shape index (κ3) is 5.16. The average molecular weight is 350 g/mol. The second kappa shape index (κ2) is 8.29. The van der Waals surface area contributed by atoms with E-state index in [1.54, 1.807) is 13.0 Å². The van der Waals surface area contributed by atoms with Crippen molar-refractivity contribution in [1.29, 1.82) is 0 Å². The number of aryl methyl sites for hydroxylation is 1. The molecular weight excluding hydrogens is 326 g/mol. The Morgan fingerprint density at radius 2 is 1.76 bits per heavy atom. The number of alkyl halides is 2. The molecule has 1 unspecified atom stereocenters. The van der Waals surface area contributed by atoms with Gasteiger partial charge in [0.05, 0.1) is 23.1 Å². The first kappa shape index (κ1) is 19.2. The van der Waals surface area contributed by atoms with Crippen LogP contribution in [0.15, 0.2) is 24.7 Å². The molecule has 2 heterocycles. The predicted octanol–water partition coefficient (Wildman–Crippen LogP) is 4.13. The lowest BCUT2D eigenvalue weighted by molar-refractivity contribution is 0.114. The first-order valence-electron chi connectivity index (χ1n) is 8.27. The normalized spacial score (nSPS) is 14.0. The van der Waals surface area contributed by atoms with Crippen molar-refractivity contribution >= 4 is 0 Å². The maximum atomic E-state index is 13.5. The van der Waals surface area contributed by atoms with Crippen LogP contribution < -0.4 is 10.5 Å². The summed E-state index contributed by atoms with van der Waals surface area (Å²) in [6, 6.07) is 2.98. The van der Waals surface area contributed by atoms with E-state index in [1.165, 1.54) is 18.6 Å². The zero-order chi connectivity index (χ0) is 18.6. The summed E-state index contributed by atoms with van der Waals surface area (Å²) in [5.74, 6) is 0.489. The Morgan fingerprint density at radius 1 is 1.08 bits per heavy atom. The molecule has 5 nitrogen and oxygen atoms in total. The fourth-order valence-corrected chi connectivity index (χ4v) is 2.60. The fraction of sp³-hybridized carbons (Fsp3) is 0.500. The first-order valence-corrected chi connectivity index (χ1v) is 8.27. The van der Waals surface area contributed by atoms with Crippen LogP contribution in [-0.2, 0) is 0 Å². The van der Waals surface area contributed by atoms with Gasteiger partial charge in [-0.15, -0.1) is 0 Å². The highest BCUT2D eigenvalue weighted by Crippen LogP contribution is 2.32. The first-order chi connectivity index (χ1) is 11.8. The monoisotopic (exact) mass is 350 g/mol. The molecule has 136 valence electrons. The van der Waals surface area contributed by atoms with Crippen LogP contribution in [0.1, 0.15) is 44.9 Å². The minimum atomic E-state index is -2.70. The molecule has 0 radical (unpaired) electrons. The molecule has 0 amide bonds. The van der Waals surface area contributed by atoms with Crippen LogP contribution in [0.2, 0.25) is 0 Å². The van der Waals surface area contributed by atoms with E-state index in [-0.39, 0.29) is 17.2 Å². The molecule has 0 aromatic carbocycles. The molecule has 2 aromatic heterocycles. The van der Waals surface area contributed by atoms with Crippen molar-refractivity contribution in [1.82, 2.24) is 15.0 Å². The zero-order valence-electron chi connectivity index (χ0n) is 14.9. The largest absolute Gasteiger partial charge is 0.473 e. The molecule has 0 aliphatic heterocycles. The van der Waals surface area contributed by atoms with E-state index in [4.69, 9.17) is 10.5 Å². The number of hydrogen-bond donors (Lipinski definition) is 1. The minimum absolute atomic E-state index is 0.00707. The van der Waals surface area contributed by atoms with Crippen molar-refractivity contribution in [3.05, 3.63) is 35.9 Å². The van der Waals surface area contributed by atoms with Gasteiger partial charge >= 0.3 is 0 Å². The highest BCUT2D eigenvalue weighted by molar-refractivity contribution is 5.57. The van der Waals surface area contributed by atoms with Gasteiger partial charge in [0.15, 0.2) is 0 Å². The molecular formula is C18H24F2N4O. The highest BCUT2D eigenvalue weighted by atomic mass is 19.3. The SMILES string of the molecule is Cc1cc(-c2cc(C(F)F)c(O[C@H](N)C(C)CC(C)C)cn2)ncn1. The minimum Gasteiger partial charge on any atom is -0.473 e. The van der Waals surface area contributed by atoms with Gasteiger partial charge in [0.1, 0.15) is 18.3 Å². The molecule has 2 rings (SSSR count). The summed E-state index contributed by atoms with van der Waals surface area (Å²) in [5.41, 5.74) is 7.34. The molecule has 0 bridgehead atoms. The fourth-order valence-electron chi connectivity index (χ4n) is 2.60. The summed E-state index contributed by atoms with van der Waals surface area (Å²) >= 11 is 0. The maximum Gasteiger partial charge on any atom is 0.267 e. The quantitative estimate of drug-likeness (QED) is 0.760. The number of hydrogen-bond acceptors (Lipinski definition) is 5. The Hall–Kier alpha value is -2.15. The Bertz CT molecular complexity index is 709. The Labute approximate surface area is 146 Å². The van der Waals surface area contributed by atoms with Crippen LogP contribution in [0.5, 0.6) is 5.75 Å². The number of ether oxygens (including phenoxy) is 1. The summed E-state index contributed by atoms with van der Waals surface area (Å²) in [4.78, 5) is 12.3. The molecule has 0 aliphatic carbocycles.